The maximum atomic E-state index is 12.9. The van der Waals surface area contributed by atoms with Crippen molar-refractivity contribution in [3.8, 4) is 0 Å². The molecule has 0 aromatic carbocycles. The Morgan fingerprint density at radius 2 is 0.505 bits per heavy atom. The zero-order valence-electron chi connectivity index (χ0n) is 62.8. The van der Waals surface area contributed by atoms with Gasteiger partial charge in [-0.15, -0.1) is 0 Å². The molecule has 0 radical (unpaired) electrons. The van der Waals surface area contributed by atoms with Crippen LogP contribution in [0.5, 0.6) is 0 Å². The number of aliphatic hydroxyl groups is 2. The normalized spacial score (nSPS) is 14.9. The van der Waals surface area contributed by atoms with Crippen LogP contribution in [0.25, 0.3) is 0 Å². The number of phosphoric acid groups is 2. The van der Waals surface area contributed by atoms with Gasteiger partial charge in [-0.2, -0.15) is 0 Å². The van der Waals surface area contributed by atoms with Crippen LogP contribution in [0.3, 0.4) is 0 Å². The van der Waals surface area contributed by atoms with E-state index in [1.54, 1.807) is 0 Å². The van der Waals surface area contributed by atoms with Crippen molar-refractivity contribution in [3.05, 3.63) is 158 Å². The second-order valence-corrected chi connectivity index (χ2v) is 28.3. The van der Waals surface area contributed by atoms with Crippen LogP contribution in [-0.4, -0.2) is 95.9 Å². The van der Waals surface area contributed by atoms with Gasteiger partial charge in [-0.1, -0.05) is 294 Å². The molecule has 0 spiro atoms. The van der Waals surface area contributed by atoms with Gasteiger partial charge in [-0.05, 0) is 135 Å². The highest BCUT2D eigenvalue weighted by atomic mass is 31.2. The molecule has 0 saturated heterocycles. The molecule has 5 unspecified atom stereocenters. The highest BCUT2D eigenvalue weighted by Gasteiger charge is 2.29. The smallest absolute Gasteiger partial charge is 0.463 e. The molecule has 16 nitrogen and oxygen atoms in total. The molecule has 0 aliphatic heterocycles. The molecule has 0 bridgehead atoms. The van der Waals surface area contributed by atoms with Gasteiger partial charge in [0.05, 0.1) is 26.4 Å². The molecule has 0 aliphatic rings. The van der Waals surface area contributed by atoms with Crippen LogP contribution in [0.1, 0.15) is 290 Å². The molecule has 0 aromatic heterocycles. The molecule has 576 valence electrons. The lowest BCUT2D eigenvalue weighted by Crippen LogP contribution is -2.30. The molecule has 101 heavy (non-hydrogen) atoms. The van der Waals surface area contributed by atoms with Crippen molar-refractivity contribution in [2.24, 2.45) is 0 Å². The van der Waals surface area contributed by atoms with E-state index in [0.29, 0.717) is 25.7 Å². The molecule has 0 aromatic rings. The molecule has 18 heteroatoms. The Morgan fingerprint density at radius 3 is 0.822 bits per heavy atom. The van der Waals surface area contributed by atoms with Gasteiger partial charge in [-0.3, -0.25) is 32.5 Å². The summed E-state index contributed by atoms with van der Waals surface area (Å²) in [6, 6.07) is 0. The van der Waals surface area contributed by atoms with Crippen molar-refractivity contribution in [3.63, 3.8) is 0 Å². The Morgan fingerprint density at radius 1 is 0.277 bits per heavy atom. The number of carbonyl (C=O) groups is 3. The molecule has 0 heterocycles. The minimum atomic E-state index is -4.95. The molecule has 0 rings (SSSR count). The third kappa shape index (κ3) is 76.1. The van der Waals surface area contributed by atoms with E-state index in [9.17, 15) is 43.5 Å². The van der Waals surface area contributed by atoms with Crippen LogP contribution in [0, 0.1) is 0 Å². The average molecular weight is 1450 g/mol. The fraction of sp³-hybridized carbons (Fsp3) is 0.651. The van der Waals surface area contributed by atoms with E-state index in [0.717, 1.165) is 135 Å². The molecule has 0 fully saturated rings. The standard InChI is InChI=1S/C83H138O16P2/c1-4-7-10-13-16-19-22-25-28-30-31-32-33-34-35-36-37-38-39-40-41-42-43-44-45-47-50-51-54-57-60-63-66-69-81(86)93-72-78(84)73-95-100(89,90)96-74-79(85)75-97-101(91,92)98-77-80(99-83(88)71-68-65-62-59-56-53-48-27-24-21-18-15-12-9-6-3)76-94-82(87)70-67-64-61-58-55-52-49-46-29-26-23-20-17-14-11-8-5-2/h7-12,16-21,25-29,31-32,34-35,48-49,52,58,61,78-80,84-85H,4-6,13-15,22-24,30,33,36-47,50-51,53-57,59-60,62-77H2,1-3H3,(H,89,90)(H,91,92)/b10-7-,11-8-,12-9-,19-16-,20-17-,21-18-,28-25-,29-26-,32-31-,35-34-,48-27-,52-49-,61-58-. The van der Waals surface area contributed by atoms with Gasteiger partial charge >= 0.3 is 33.6 Å². The summed E-state index contributed by atoms with van der Waals surface area (Å²) in [7, 11) is -9.81. The van der Waals surface area contributed by atoms with E-state index in [1.807, 2.05) is 12.2 Å². The lowest BCUT2D eigenvalue weighted by molar-refractivity contribution is -0.161. The van der Waals surface area contributed by atoms with Crippen molar-refractivity contribution in [2.45, 2.75) is 309 Å². The summed E-state index contributed by atoms with van der Waals surface area (Å²) in [4.78, 5) is 58.5. The minimum Gasteiger partial charge on any atom is -0.463 e. The second-order valence-electron chi connectivity index (χ2n) is 25.4. The van der Waals surface area contributed by atoms with Gasteiger partial charge in [0.25, 0.3) is 0 Å². The number of unbranched alkanes of at least 4 members (excludes halogenated alkanes) is 23. The molecule has 4 N–H and O–H groups in total. The van der Waals surface area contributed by atoms with Crippen molar-refractivity contribution in [1.29, 1.82) is 0 Å². The maximum absolute atomic E-state index is 12.9. The number of hydrogen-bond donors (Lipinski definition) is 4. The fourth-order valence-corrected chi connectivity index (χ4v) is 11.5. The van der Waals surface area contributed by atoms with Crippen LogP contribution in [0.15, 0.2) is 158 Å². The summed E-state index contributed by atoms with van der Waals surface area (Å²) in [5.41, 5.74) is 0. The van der Waals surface area contributed by atoms with Crippen LogP contribution in [-0.2, 0) is 55.8 Å². The van der Waals surface area contributed by atoms with E-state index in [1.165, 1.54) is 89.9 Å². The van der Waals surface area contributed by atoms with Crippen molar-refractivity contribution < 1.29 is 75.8 Å². The molecule has 0 saturated carbocycles. The summed E-state index contributed by atoms with van der Waals surface area (Å²) >= 11 is 0. The molecular formula is C83H138O16P2. The summed E-state index contributed by atoms with van der Waals surface area (Å²) < 4.78 is 61.0. The minimum absolute atomic E-state index is 0.0685. The first kappa shape index (κ1) is 96.2. The first-order chi connectivity index (χ1) is 49.2. The number of allylic oxidation sites excluding steroid dienone is 26. The topological polar surface area (TPSA) is 231 Å². The largest absolute Gasteiger partial charge is 0.472 e. The first-order valence-electron chi connectivity index (χ1n) is 38.8. The summed E-state index contributed by atoms with van der Waals surface area (Å²) in [6.45, 7) is 2.24. The van der Waals surface area contributed by atoms with E-state index in [4.69, 9.17) is 32.3 Å². The predicted octanol–water partition coefficient (Wildman–Crippen LogP) is 22.6. The predicted molar refractivity (Wildman–Crippen MR) is 417 cm³/mol. The van der Waals surface area contributed by atoms with E-state index >= 15 is 0 Å². The SMILES string of the molecule is CC/C=C\C/C=C\C/C=C\C/C=C\C/C=C\CCCCCCCCCCCCCCCCCCCC(=O)OCC(O)COP(=O)(O)OCC(O)COP(=O)(O)OCC(COC(=O)CCC/C=C\C/C=C\C/C=C\C/C=C\C/C=C\CC)OC(=O)CCCCCCC/C=C\C/C=C\C/C=C\CC. The monoisotopic (exact) mass is 1450 g/mol. The lowest BCUT2D eigenvalue weighted by atomic mass is 10.0. The number of aliphatic hydroxyl groups excluding tert-OH is 2. The van der Waals surface area contributed by atoms with E-state index < -0.39 is 91.5 Å². The summed E-state index contributed by atoms with van der Waals surface area (Å²) in [6.07, 6.45) is 93.3. The number of phosphoric ester groups is 2. The molecule has 0 amide bonds. The zero-order chi connectivity index (χ0) is 73.7. The first-order valence-corrected chi connectivity index (χ1v) is 41.8. The highest BCUT2D eigenvalue weighted by molar-refractivity contribution is 7.47. The van der Waals surface area contributed by atoms with E-state index in [2.05, 4.69) is 167 Å². The van der Waals surface area contributed by atoms with Gasteiger partial charge in [0.2, 0.25) is 0 Å². The highest BCUT2D eigenvalue weighted by Crippen LogP contribution is 2.45. The number of carbonyl (C=O) groups excluding carboxylic acids is 3. The Kier molecular flexibility index (Phi) is 71.3. The third-order valence-corrected chi connectivity index (χ3v) is 17.6. The maximum Gasteiger partial charge on any atom is 0.472 e. The van der Waals surface area contributed by atoms with Gasteiger partial charge in [0.1, 0.15) is 25.4 Å². The molecule has 5 atom stereocenters. The van der Waals surface area contributed by atoms with E-state index in [-0.39, 0.29) is 19.3 Å². The Balaban J connectivity index is 4.46. The third-order valence-electron chi connectivity index (χ3n) is 15.7. The fourth-order valence-electron chi connectivity index (χ4n) is 9.94. The van der Waals surface area contributed by atoms with Crippen molar-refractivity contribution in [1.82, 2.24) is 0 Å². The Labute approximate surface area is 612 Å². The van der Waals surface area contributed by atoms with Gasteiger partial charge in [0, 0.05) is 19.3 Å². The van der Waals surface area contributed by atoms with Crippen molar-refractivity contribution >= 4 is 33.6 Å². The summed E-state index contributed by atoms with van der Waals surface area (Å²) in [5, 5.41) is 20.6. The number of esters is 3. The number of ether oxygens (including phenoxy) is 3. The quantitative estimate of drug-likeness (QED) is 0.0146. The molecule has 0 aliphatic carbocycles. The lowest BCUT2D eigenvalue weighted by Gasteiger charge is -2.21. The number of rotatable bonds is 72. The Bertz CT molecular complexity index is 2470. The van der Waals surface area contributed by atoms with Gasteiger partial charge in [-0.25, -0.2) is 9.13 Å². The second kappa shape index (κ2) is 74.9. The zero-order valence-corrected chi connectivity index (χ0v) is 64.6. The average Bonchev–Trinajstić information content (AvgIpc) is 1.12. The molecular weight excluding hydrogens is 1310 g/mol. The van der Waals surface area contributed by atoms with Crippen LogP contribution >= 0.6 is 15.6 Å². The van der Waals surface area contributed by atoms with Crippen molar-refractivity contribution in [2.75, 3.05) is 39.6 Å². The van der Waals surface area contributed by atoms with Crippen LogP contribution in [0.4, 0.5) is 0 Å². The number of hydrogen-bond acceptors (Lipinski definition) is 14. The van der Waals surface area contributed by atoms with Gasteiger partial charge < -0.3 is 34.2 Å². The summed E-state index contributed by atoms with van der Waals surface area (Å²) in [5.74, 6) is -1.67. The van der Waals surface area contributed by atoms with Crippen LogP contribution < -0.4 is 0 Å². The Hall–Kier alpha value is -4.83. The van der Waals surface area contributed by atoms with Gasteiger partial charge in [0.15, 0.2) is 6.10 Å². The van der Waals surface area contributed by atoms with Crippen LogP contribution in [0.2, 0.25) is 0 Å².